The number of rotatable bonds is 10. The Bertz CT molecular complexity index is 2080. The molecule has 10 heteroatoms. The van der Waals surface area contributed by atoms with E-state index in [4.69, 9.17) is 4.74 Å². The number of aliphatic carboxylic acids is 1. The second kappa shape index (κ2) is 14.3. The van der Waals surface area contributed by atoms with Gasteiger partial charge in [-0.15, -0.1) is 0 Å². The van der Waals surface area contributed by atoms with Crippen LogP contribution >= 0.6 is 0 Å². The van der Waals surface area contributed by atoms with Gasteiger partial charge < -0.3 is 14.7 Å². The van der Waals surface area contributed by atoms with Crippen molar-refractivity contribution < 1.29 is 28.6 Å². The highest BCUT2D eigenvalue weighted by molar-refractivity contribution is 6.01. The van der Waals surface area contributed by atoms with E-state index < -0.39 is 22.8 Å². The molecule has 1 aromatic heterocycles. The fourth-order valence-electron chi connectivity index (χ4n) is 14.0. The maximum atomic E-state index is 14.5. The average molecular weight is 802 g/mol. The summed E-state index contributed by atoms with van der Waals surface area (Å²) in [6, 6.07) is 7.91. The van der Waals surface area contributed by atoms with Crippen molar-refractivity contribution in [1.29, 1.82) is 0 Å². The van der Waals surface area contributed by atoms with Crippen LogP contribution in [0.1, 0.15) is 132 Å². The summed E-state index contributed by atoms with van der Waals surface area (Å²) in [5.74, 6) is -0.592. The number of carbonyl (C=O) groups is 3. The molecule has 0 bridgehead atoms. The van der Waals surface area contributed by atoms with Gasteiger partial charge in [-0.1, -0.05) is 48.5 Å². The number of nitrogens with zero attached hydrogens (tertiary/aromatic N) is 3. The molecule has 0 unspecified atom stereocenters. The van der Waals surface area contributed by atoms with Gasteiger partial charge in [-0.25, -0.2) is 9.07 Å². The number of carbonyl (C=O) groups excluding carboxylic acids is 2. The molecule has 0 saturated heterocycles. The second-order valence-corrected chi connectivity index (χ2v) is 21.6. The molecular formula is C48H68FN3O6. The number of likely N-dealkylation sites (N-methyl/N-ethyl adjacent to an activating group) is 1. The molecule has 0 amide bonds. The molecule has 0 aliphatic heterocycles. The summed E-state index contributed by atoms with van der Waals surface area (Å²) in [5, 5.41) is 9.66. The lowest BCUT2D eigenvalue weighted by Crippen LogP contribution is -2.66. The van der Waals surface area contributed by atoms with Crippen LogP contribution in [0.25, 0.3) is 5.69 Å². The van der Waals surface area contributed by atoms with Crippen molar-refractivity contribution in [2.45, 2.75) is 145 Å². The maximum Gasteiger partial charge on any atom is 0.309 e. The molecule has 4 saturated carbocycles. The largest absolute Gasteiger partial charge is 0.481 e. The first-order valence-corrected chi connectivity index (χ1v) is 21.9. The van der Waals surface area contributed by atoms with Gasteiger partial charge in [0.2, 0.25) is 0 Å². The number of halogens is 1. The molecule has 9 nitrogen and oxygen atoms in total. The van der Waals surface area contributed by atoms with Gasteiger partial charge in [-0.05, 0) is 155 Å². The van der Waals surface area contributed by atoms with Crippen LogP contribution in [0.2, 0.25) is 0 Å². The molecule has 58 heavy (non-hydrogen) atoms. The quantitative estimate of drug-likeness (QED) is 0.239. The number of allylic oxidation sites excluding steroid dienone is 2. The first-order valence-electron chi connectivity index (χ1n) is 21.9. The average Bonchev–Trinajstić information content (AvgIpc) is 3.62. The molecule has 0 radical (unpaired) electrons. The highest BCUT2D eigenvalue weighted by Gasteiger charge is 2.70. The lowest BCUT2D eigenvalue weighted by Gasteiger charge is -2.72. The second-order valence-electron chi connectivity index (χ2n) is 21.6. The Kier molecular flexibility index (Phi) is 10.5. The van der Waals surface area contributed by atoms with Gasteiger partial charge in [-0.3, -0.25) is 23.9 Å². The highest BCUT2D eigenvalue weighted by atomic mass is 19.1. The molecule has 318 valence electrons. The number of ether oxygens (including phenoxy) is 1. The molecule has 2 aromatic rings. The third-order valence-electron chi connectivity index (χ3n) is 17.1. The van der Waals surface area contributed by atoms with Crippen molar-refractivity contribution in [1.82, 2.24) is 14.3 Å². The number of hydrogen-bond donors (Lipinski definition) is 1. The van der Waals surface area contributed by atoms with E-state index in [9.17, 15) is 28.7 Å². The summed E-state index contributed by atoms with van der Waals surface area (Å²) in [4.78, 5) is 55.8. The number of fused-ring (bicyclic) bond motifs is 7. The number of esters is 1. The minimum atomic E-state index is -1.19. The number of carboxylic acids is 1. The van der Waals surface area contributed by atoms with Crippen molar-refractivity contribution in [2.24, 2.45) is 50.7 Å². The van der Waals surface area contributed by atoms with Crippen molar-refractivity contribution in [3.05, 3.63) is 63.3 Å². The van der Waals surface area contributed by atoms with E-state index in [-0.39, 0.29) is 63.2 Å². The van der Waals surface area contributed by atoms with E-state index in [1.807, 2.05) is 14.1 Å². The zero-order chi connectivity index (χ0) is 42.5. The summed E-state index contributed by atoms with van der Waals surface area (Å²) >= 11 is 0. The summed E-state index contributed by atoms with van der Waals surface area (Å²) < 4.78 is 24.1. The Morgan fingerprint density at radius 2 is 1.60 bits per heavy atom. The van der Waals surface area contributed by atoms with E-state index in [0.717, 1.165) is 62.6 Å². The van der Waals surface area contributed by atoms with Gasteiger partial charge in [0.25, 0.3) is 5.56 Å². The molecule has 5 aliphatic carbocycles. The van der Waals surface area contributed by atoms with Gasteiger partial charge in [-0.2, -0.15) is 0 Å². The minimum Gasteiger partial charge on any atom is -0.481 e. The third-order valence-corrected chi connectivity index (χ3v) is 17.1. The molecule has 1 heterocycles. The molecule has 4 fully saturated rings. The predicted molar refractivity (Wildman–Crippen MR) is 223 cm³/mol. The van der Waals surface area contributed by atoms with Crippen LogP contribution in [0.3, 0.4) is 0 Å². The summed E-state index contributed by atoms with van der Waals surface area (Å²) in [5.41, 5.74) is 1.46. The Morgan fingerprint density at radius 1 is 0.931 bits per heavy atom. The van der Waals surface area contributed by atoms with Gasteiger partial charge in [0.1, 0.15) is 11.9 Å². The van der Waals surface area contributed by atoms with Crippen LogP contribution in [0.15, 0.2) is 46.3 Å². The molecule has 0 spiro atoms. The highest BCUT2D eigenvalue weighted by Crippen LogP contribution is 2.77. The van der Waals surface area contributed by atoms with Crippen molar-refractivity contribution in [2.75, 3.05) is 20.6 Å². The number of aromatic nitrogens is 2. The van der Waals surface area contributed by atoms with Gasteiger partial charge in [0.05, 0.1) is 29.8 Å². The lowest BCUT2D eigenvalue weighted by atomic mass is 9.33. The van der Waals surface area contributed by atoms with E-state index in [2.05, 4.69) is 58.0 Å². The fraction of sp³-hybridized carbons (Fsp3) is 0.708. The molecule has 1 N–H and O–H groups in total. The first-order chi connectivity index (χ1) is 26.9. The van der Waals surface area contributed by atoms with Crippen LogP contribution in [-0.4, -0.2) is 63.8 Å². The van der Waals surface area contributed by atoms with E-state index in [1.54, 1.807) is 36.7 Å². The molecule has 8 atom stereocenters. The maximum absolute atomic E-state index is 14.5. The van der Waals surface area contributed by atoms with Crippen molar-refractivity contribution in [3.8, 4) is 5.69 Å². The molecular weight excluding hydrogens is 734 g/mol. The predicted octanol–water partition coefficient (Wildman–Crippen LogP) is 8.98. The topological polar surface area (TPSA) is 111 Å². The monoisotopic (exact) mass is 802 g/mol. The van der Waals surface area contributed by atoms with E-state index >= 15 is 0 Å². The molecule has 5 aliphatic rings. The van der Waals surface area contributed by atoms with Crippen LogP contribution in [0.4, 0.5) is 4.39 Å². The number of Topliss-reactive ketones (excluding diaryl/α,β-unsaturated/α-hetero) is 1. The Balaban J connectivity index is 1.27. The summed E-state index contributed by atoms with van der Waals surface area (Å²) in [7, 11) is 4.04. The van der Waals surface area contributed by atoms with Gasteiger partial charge in [0.15, 0.2) is 5.78 Å². The minimum absolute atomic E-state index is 0.0101. The Morgan fingerprint density at radius 3 is 2.22 bits per heavy atom. The third kappa shape index (κ3) is 6.31. The van der Waals surface area contributed by atoms with Crippen LogP contribution in [-0.2, 0) is 31.1 Å². The Labute approximate surface area is 344 Å². The van der Waals surface area contributed by atoms with Gasteiger partial charge >= 0.3 is 11.9 Å². The fourth-order valence-corrected chi connectivity index (χ4v) is 14.0. The number of hydrogen-bond acceptors (Lipinski definition) is 6. The van der Waals surface area contributed by atoms with Crippen LogP contribution in [0, 0.1) is 56.6 Å². The number of benzene rings is 1. The Hall–Kier alpha value is -3.53. The van der Waals surface area contributed by atoms with Crippen LogP contribution in [0.5, 0.6) is 0 Å². The smallest absolute Gasteiger partial charge is 0.309 e. The van der Waals surface area contributed by atoms with Crippen LogP contribution < -0.4 is 5.56 Å². The molecule has 7 rings (SSSR count). The van der Waals surface area contributed by atoms with Crippen molar-refractivity contribution in [3.63, 3.8) is 0 Å². The summed E-state index contributed by atoms with van der Waals surface area (Å²) in [6.07, 6.45) is 7.44. The van der Waals surface area contributed by atoms with E-state index in [1.165, 1.54) is 17.7 Å². The SMILES string of the molecule is CC(C)C1=C2[C@H]3CC[C@@H]4[C@@]5(C)CC[C@H](OC(=O)CC(C)(C)C(=O)O)C(C)(C)[C@@H]5CC[C@@]4(C)[C@]3(C)CC[C@@]2(c2cc(=O)n(-c3ccc(F)cc3)n2CCN(C)C)CC1=O. The normalized spacial score (nSPS) is 34.4. The van der Waals surface area contributed by atoms with Gasteiger partial charge in [0, 0.05) is 29.9 Å². The first kappa shape index (κ1) is 42.6. The zero-order valence-corrected chi connectivity index (χ0v) is 37.0. The lowest BCUT2D eigenvalue weighted by molar-refractivity contribution is -0.232. The number of ketones is 1. The van der Waals surface area contributed by atoms with E-state index in [0.29, 0.717) is 37.0 Å². The number of carboxylic acid groups (broad SMARTS) is 1. The zero-order valence-electron chi connectivity index (χ0n) is 37.0. The van der Waals surface area contributed by atoms with Crippen molar-refractivity contribution >= 4 is 17.7 Å². The molecule has 1 aromatic carbocycles. The summed E-state index contributed by atoms with van der Waals surface area (Å²) in [6.45, 7) is 20.8. The standard InChI is InChI=1S/C48H68FN3O6/c1-29(2)40-33(53)27-48(36-26-38(54)52(51(36)25-24-50(10)11)31-14-12-30(49)13-15-31)23-22-46(8)32(41(40)48)16-17-35-45(7)20-19-37(58-39(55)28-43(3,4)42(56)57)44(5,6)34(45)18-21-47(35,46)9/h12-15,26,29,32,34-35,37H,16-25,27-28H2,1-11H3,(H,56,57)/t32-,34+,35-,37+,45+,46-,47-,48+/m1/s1.